The maximum absolute atomic E-state index is 11.8. The van der Waals surface area contributed by atoms with Gasteiger partial charge in [-0.15, -0.1) is 0 Å². The molecule has 3 N–H and O–H groups in total. The molecule has 0 bridgehead atoms. The van der Waals surface area contributed by atoms with Gasteiger partial charge >= 0.3 is 0 Å². The van der Waals surface area contributed by atoms with Crippen molar-refractivity contribution < 1.29 is 23.8 Å². The highest BCUT2D eigenvalue weighted by Gasteiger charge is 2.04. The van der Waals surface area contributed by atoms with Crippen molar-refractivity contribution in [3.8, 4) is 0 Å². The summed E-state index contributed by atoms with van der Waals surface area (Å²) in [5.74, 6) is -0.195. The molecular weight excluding hydrogens is 300 g/mol. The van der Waals surface area contributed by atoms with Gasteiger partial charge in [0.1, 0.15) is 6.29 Å². The van der Waals surface area contributed by atoms with E-state index < -0.39 is 0 Å². The highest BCUT2D eigenvalue weighted by atomic mass is 16.5. The molecule has 0 aromatic heterocycles. The van der Waals surface area contributed by atoms with Crippen LogP contribution in [0.15, 0.2) is 24.3 Å². The van der Waals surface area contributed by atoms with E-state index in [1.807, 2.05) is 0 Å². The van der Waals surface area contributed by atoms with E-state index in [0.717, 1.165) is 6.29 Å². The Balaban J connectivity index is 1.97. The quantitative estimate of drug-likeness (QED) is 0.398. The normalized spacial score (nSPS) is 10.5. The number of nitrogens with two attached hydrogens (primary N) is 1. The average molecular weight is 324 g/mol. The van der Waals surface area contributed by atoms with Crippen molar-refractivity contribution in [2.75, 3.05) is 52.7 Å². The van der Waals surface area contributed by atoms with Crippen LogP contribution in [0, 0.1) is 0 Å². The molecule has 0 saturated heterocycles. The zero-order valence-corrected chi connectivity index (χ0v) is 13.2. The molecule has 1 aromatic rings. The monoisotopic (exact) mass is 324 g/mol. The fourth-order valence-electron chi connectivity index (χ4n) is 1.68. The largest absolute Gasteiger partial charge is 0.378 e. The number of rotatable bonds is 13. The van der Waals surface area contributed by atoms with Crippen LogP contribution in [0.3, 0.4) is 0 Å². The minimum absolute atomic E-state index is 0.195. The topological polar surface area (TPSA) is 99.9 Å². The number of aldehydes is 1. The van der Waals surface area contributed by atoms with E-state index in [9.17, 15) is 9.59 Å². The molecule has 0 aliphatic carbocycles. The Morgan fingerprint density at radius 2 is 1.52 bits per heavy atom. The molecule has 0 radical (unpaired) electrons. The van der Waals surface area contributed by atoms with Crippen LogP contribution in [-0.4, -0.2) is 64.9 Å². The highest BCUT2D eigenvalue weighted by Crippen LogP contribution is 2.02. The first-order valence-electron chi connectivity index (χ1n) is 7.54. The van der Waals surface area contributed by atoms with Gasteiger partial charge in [0.15, 0.2) is 0 Å². The molecule has 0 unspecified atom stereocenters. The van der Waals surface area contributed by atoms with Crippen LogP contribution in [0.1, 0.15) is 20.7 Å². The van der Waals surface area contributed by atoms with E-state index in [1.165, 1.54) is 0 Å². The van der Waals surface area contributed by atoms with Gasteiger partial charge in [0.25, 0.3) is 5.91 Å². The molecule has 1 aromatic carbocycles. The zero-order chi connectivity index (χ0) is 16.8. The summed E-state index contributed by atoms with van der Waals surface area (Å²) in [5.41, 5.74) is 6.33. The lowest BCUT2D eigenvalue weighted by molar-refractivity contribution is 0.0166. The third-order valence-electron chi connectivity index (χ3n) is 2.85. The van der Waals surface area contributed by atoms with Crippen molar-refractivity contribution >= 4 is 12.2 Å². The molecule has 0 aliphatic heterocycles. The Bertz CT molecular complexity index is 450. The van der Waals surface area contributed by atoms with Gasteiger partial charge in [-0.3, -0.25) is 9.59 Å². The number of amides is 1. The second-order valence-corrected chi connectivity index (χ2v) is 4.62. The molecule has 0 fully saturated rings. The van der Waals surface area contributed by atoms with E-state index in [4.69, 9.17) is 19.9 Å². The summed E-state index contributed by atoms with van der Waals surface area (Å²) in [7, 11) is 0. The van der Waals surface area contributed by atoms with Gasteiger partial charge < -0.3 is 25.3 Å². The molecule has 7 nitrogen and oxygen atoms in total. The fourth-order valence-corrected chi connectivity index (χ4v) is 1.68. The summed E-state index contributed by atoms with van der Waals surface area (Å²) < 4.78 is 15.8. The first-order chi connectivity index (χ1) is 11.3. The third kappa shape index (κ3) is 9.04. The van der Waals surface area contributed by atoms with E-state index in [1.54, 1.807) is 24.3 Å². The van der Waals surface area contributed by atoms with Crippen LogP contribution in [0.5, 0.6) is 0 Å². The fraction of sp³-hybridized carbons (Fsp3) is 0.500. The predicted octanol–water partition coefficient (Wildman–Crippen LogP) is 0.237. The molecule has 1 rings (SSSR count). The maximum atomic E-state index is 11.8. The van der Waals surface area contributed by atoms with Crippen molar-refractivity contribution in [2.45, 2.75) is 0 Å². The van der Waals surface area contributed by atoms with Crippen molar-refractivity contribution in [2.24, 2.45) is 5.73 Å². The van der Waals surface area contributed by atoms with Gasteiger partial charge in [-0.2, -0.15) is 0 Å². The standard InChI is InChI=1S/C16H24N2O5/c17-5-7-21-9-11-23-12-10-22-8-6-18-16(20)15-3-1-14(13-19)2-4-15/h1-4,13H,5-12,17H2,(H,18,20). The lowest BCUT2D eigenvalue weighted by Crippen LogP contribution is -2.27. The van der Waals surface area contributed by atoms with E-state index in [-0.39, 0.29) is 5.91 Å². The lowest BCUT2D eigenvalue weighted by atomic mass is 10.1. The number of carbonyl (C=O) groups excluding carboxylic acids is 2. The van der Waals surface area contributed by atoms with Crippen molar-refractivity contribution in [1.29, 1.82) is 0 Å². The Morgan fingerprint density at radius 1 is 0.957 bits per heavy atom. The van der Waals surface area contributed by atoms with Gasteiger partial charge in [0.05, 0.1) is 39.6 Å². The number of hydrogen-bond donors (Lipinski definition) is 2. The number of nitrogens with one attached hydrogen (secondary N) is 1. The van der Waals surface area contributed by atoms with E-state index in [0.29, 0.717) is 63.9 Å². The Labute approximate surface area is 136 Å². The van der Waals surface area contributed by atoms with Crippen LogP contribution in [0.2, 0.25) is 0 Å². The number of carbonyl (C=O) groups is 2. The molecular formula is C16H24N2O5. The summed E-state index contributed by atoms with van der Waals surface area (Å²) in [5, 5.41) is 2.74. The van der Waals surface area contributed by atoms with E-state index in [2.05, 4.69) is 5.32 Å². The van der Waals surface area contributed by atoms with Crippen LogP contribution in [0.4, 0.5) is 0 Å². The van der Waals surface area contributed by atoms with Gasteiger partial charge in [-0.1, -0.05) is 12.1 Å². The lowest BCUT2D eigenvalue weighted by Gasteiger charge is -2.07. The average Bonchev–Trinajstić information content (AvgIpc) is 2.59. The minimum Gasteiger partial charge on any atom is -0.378 e. The van der Waals surface area contributed by atoms with Gasteiger partial charge in [-0.05, 0) is 12.1 Å². The van der Waals surface area contributed by atoms with Crippen LogP contribution >= 0.6 is 0 Å². The summed E-state index contributed by atoms with van der Waals surface area (Å²) in [6, 6.07) is 6.43. The van der Waals surface area contributed by atoms with Gasteiger partial charge in [0, 0.05) is 24.2 Å². The Morgan fingerprint density at radius 3 is 2.09 bits per heavy atom. The smallest absolute Gasteiger partial charge is 0.251 e. The molecule has 23 heavy (non-hydrogen) atoms. The molecule has 0 aliphatic rings. The van der Waals surface area contributed by atoms with Crippen molar-refractivity contribution in [1.82, 2.24) is 5.32 Å². The minimum atomic E-state index is -0.195. The molecule has 0 heterocycles. The van der Waals surface area contributed by atoms with Gasteiger partial charge in [0.2, 0.25) is 0 Å². The summed E-state index contributed by atoms with van der Waals surface area (Å²) >= 11 is 0. The molecule has 128 valence electrons. The number of hydrogen-bond acceptors (Lipinski definition) is 6. The predicted molar refractivity (Wildman–Crippen MR) is 85.7 cm³/mol. The molecule has 0 atom stereocenters. The van der Waals surface area contributed by atoms with Crippen LogP contribution < -0.4 is 11.1 Å². The first kappa shape index (κ1) is 19.2. The molecule has 1 amide bonds. The van der Waals surface area contributed by atoms with Crippen molar-refractivity contribution in [3.63, 3.8) is 0 Å². The van der Waals surface area contributed by atoms with Crippen LogP contribution in [-0.2, 0) is 14.2 Å². The van der Waals surface area contributed by atoms with Crippen LogP contribution in [0.25, 0.3) is 0 Å². The highest BCUT2D eigenvalue weighted by molar-refractivity contribution is 5.94. The number of ether oxygens (including phenoxy) is 3. The summed E-state index contributed by atoms with van der Waals surface area (Å²) in [6.45, 7) is 3.84. The number of benzene rings is 1. The molecule has 0 spiro atoms. The second-order valence-electron chi connectivity index (χ2n) is 4.62. The Hall–Kier alpha value is -1.80. The maximum Gasteiger partial charge on any atom is 0.251 e. The SMILES string of the molecule is NCCOCCOCCOCCNC(=O)c1ccc(C=O)cc1. The molecule has 0 saturated carbocycles. The summed E-state index contributed by atoms with van der Waals surface area (Å²) in [6.07, 6.45) is 0.738. The van der Waals surface area contributed by atoms with Crippen molar-refractivity contribution in [3.05, 3.63) is 35.4 Å². The third-order valence-corrected chi connectivity index (χ3v) is 2.85. The summed E-state index contributed by atoms with van der Waals surface area (Å²) in [4.78, 5) is 22.3. The Kier molecular flexibility index (Phi) is 10.6. The van der Waals surface area contributed by atoms with Gasteiger partial charge in [-0.25, -0.2) is 0 Å². The first-order valence-corrected chi connectivity index (χ1v) is 7.54. The van der Waals surface area contributed by atoms with E-state index >= 15 is 0 Å². The zero-order valence-electron chi connectivity index (χ0n) is 13.2. The second kappa shape index (κ2) is 12.7. The molecule has 7 heteroatoms.